The average molecular weight is 1320 g/mol. The Labute approximate surface area is 531 Å². The van der Waals surface area contributed by atoms with E-state index in [9.17, 15) is 53.4 Å². The minimum atomic E-state index is -1.20. The second-order valence-corrected chi connectivity index (χ2v) is 21.2. The van der Waals surface area contributed by atoms with E-state index < -0.39 is 60.1 Å². The number of nitrogens with zero attached hydrogens (tertiary/aromatic N) is 1. The van der Waals surface area contributed by atoms with Crippen molar-refractivity contribution < 1.29 is 81.8 Å². The Morgan fingerprint density at radius 1 is 0.420 bits per heavy atom. The molecule has 0 aliphatic rings. The van der Waals surface area contributed by atoms with Crippen molar-refractivity contribution in [2.75, 3.05) is 117 Å². The number of carboxylic acid groups (broad SMARTS) is 2. The summed E-state index contributed by atoms with van der Waals surface area (Å²) in [6.07, 6.45) is 2.18. The molecule has 0 aliphatic carbocycles. The van der Waals surface area contributed by atoms with Gasteiger partial charge in [0.15, 0.2) is 0 Å². The number of amides is 7. The lowest BCUT2D eigenvalue weighted by Crippen LogP contribution is -2.48. The third-order valence-corrected chi connectivity index (χ3v) is 13.1. The first-order chi connectivity index (χ1) is 42.4. The maximum atomic E-state index is 13.6. The van der Waals surface area contributed by atoms with Gasteiger partial charge in [0.2, 0.25) is 41.4 Å². The van der Waals surface area contributed by atoms with Crippen LogP contribution >= 0.6 is 46.4 Å². The van der Waals surface area contributed by atoms with Crippen LogP contribution in [0.3, 0.4) is 0 Å². The van der Waals surface area contributed by atoms with E-state index in [1.807, 2.05) is 12.1 Å². The summed E-state index contributed by atoms with van der Waals surface area (Å²) in [5, 5.41) is 42.0. The fourth-order valence-corrected chi connectivity index (χ4v) is 9.06. The van der Waals surface area contributed by atoms with E-state index in [-0.39, 0.29) is 178 Å². The highest BCUT2D eigenvalue weighted by Crippen LogP contribution is 2.27. The number of anilines is 1. The van der Waals surface area contributed by atoms with Crippen molar-refractivity contribution in [1.82, 2.24) is 42.2 Å². The standard InChI is InChI=1S/C58H81Cl4N9O17/c59-42-32-40(33-43(60)36-42)47(38-56(78)79)70-55(77)9-5-8-50(72)65-16-20-83-24-28-87-30-26-85-22-18-67-52(74)12-13-53(75)68-19-23-86-27-31-88-29-25-84-21-17-66-51(73)11-10-46(69-54(76)7-2-4-15-64-49-6-1-3-14-63-49)58(82)71-48(39-57(80)81)41-34-44(61)37-45(62)35-41/h1,3,6,14,32-37,46-48H,2,4-5,7-13,15-31,38-39H2,(H,63,64)(H,65,72)(H,66,73)(H,67,74)(H,68,75)(H,69,76)(H,70,77)(H,71,82)(H,78,79)(H,80,81). The predicted molar refractivity (Wildman–Crippen MR) is 327 cm³/mol. The molecule has 30 heteroatoms. The molecule has 0 spiro atoms. The first-order valence-corrected chi connectivity index (χ1v) is 30.3. The van der Waals surface area contributed by atoms with Gasteiger partial charge < -0.3 is 81.2 Å². The average Bonchev–Trinajstić information content (AvgIpc) is 3.67. The summed E-state index contributed by atoms with van der Waals surface area (Å²) in [4.78, 5) is 116. The lowest BCUT2D eigenvalue weighted by atomic mass is 10.0. The van der Waals surface area contributed by atoms with Gasteiger partial charge in [0.05, 0.1) is 104 Å². The Balaban J connectivity index is 1.12. The molecule has 3 rings (SSSR count). The van der Waals surface area contributed by atoms with E-state index in [2.05, 4.69) is 47.5 Å². The molecule has 0 fully saturated rings. The number of carboxylic acids is 2. The minimum absolute atomic E-state index is 0.000149. The number of carbonyl (C=O) groups excluding carboxylic acids is 7. The predicted octanol–water partition coefficient (Wildman–Crippen LogP) is 4.72. The molecular weight excluding hydrogens is 1240 g/mol. The second-order valence-electron chi connectivity index (χ2n) is 19.5. The zero-order valence-corrected chi connectivity index (χ0v) is 52.0. The molecule has 3 aromatic rings. The molecule has 488 valence electrons. The number of carbonyl (C=O) groups is 9. The first kappa shape index (κ1) is 75.8. The van der Waals surface area contributed by atoms with E-state index in [1.165, 1.54) is 36.4 Å². The molecular formula is C58H81Cl4N9O17. The molecule has 3 unspecified atom stereocenters. The molecule has 7 amide bonds. The maximum Gasteiger partial charge on any atom is 0.305 e. The van der Waals surface area contributed by atoms with Crippen LogP contribution in [0.15, 0.2) is 60.8 Å². The molecule has 88 heavy (non-hydrogen) atoms. The van der Waals surface area contributed by atoms with Crippen LogP contribution in [0.1, 0.15) is 100 Å². The molecule has 3 atom stereocenters. The van der Waals surface area contributed by atoms with E-state index in [4.69, 9.17) is 74.8 Å². The minimum Gasteiger partial charge on any atom is -0.481 e. The molecule has 26 nitrogen and oxygen atoms in total. The number of rotatable bonds is 50. The highest BCUT2D eigenvalue weighted by Gasteiger charge is 2.27. The molecule has 0 radical (unpaired) electrons. The molecule has 0 saturated carbocycles. The smallest absolute Gasteiger partial charge is 0.305 e. The van der Waals surface area contributed by atoms with Gasteiger partial charge in [0.25, 0.3) is 0 Å². The summed E-state index contributed by atoms with van der Waals surface area (Å²) in [5.74, 6) is -4.38. The number of aliphatic carboxylic acids is 2. The van der Waals surface area contributed by atoms with Crippen molar-refractivity contribution in [2.24, 2.45) is 0 Å². The maximum absolute atomic E-state index is 13.6. The normalized spacial score (nSPS) is 12.0. The van der Waals surface area contributed by atoms with Gasteiger partial charge in [-0.25, -0.2) is 4.98 Å². The fourth-order valence-electron chi connectivity index (χ4n) is 7.97. The third kappa shape index (κ3) is 38.1. The van der Waals surface area contributed by atoms with Crippen molar-refractivity contribution >= 4 is 106 Å². The summed E-state index contributed by atoms with van der Waals surface area (Å²) < 4.78 is 32.9. The van der Waals surface area contributed by atoms with Crippen LogP contribution in [-0.4, -0.2) is 187 Å². The SMILES string of the molecule is O=C(O)CC(NC(=O)CCCC(=O)NCCOCCOCCOCCNC(=O)CCC(=O)NCCOCCOCCOCCNC(=O)CCC(NC(=O)CCCCNc1ccccn1)C(=O)NC(CC(=O)O)c1cc(Cl)cc(Cl)c1)c1cc(Cl)cc(Cl)c1. The summed E-state index contributed by atoms with van der Waals surface area (Å²) in [7, 11) is 0. The van der Waals surface area contributed by atoms with Crippen LogP contribution in [0.25, 0.3) is 0 Å². The quantitative estimate of drug-likeness (QED) is 0.0342. The van der Waals surface area contributed by atoms with Gasteiger partial charge in [-0.2, -0.15) is 0 Å². The van der Waals surface area contributed by atoms with E-state index >= 15 is 0 Å². The van der Waals surface area contributed by atoms with Crippen molar-refractivity contribution in [2.45, 2.75) is 95.2 Å². The Hall–Kier alpha value is -6.46. The monoisotopic (exact) mass is 1320 g/mol. The zero-order valence-electron chi connectivity index (χ0n) is 49.0. The number of ether oxygens (including phenoxy) is 6. The lowest BCUT2D eigenvalue weighted by Gasteiger charge is -2.23. The molecule has 1 heterocycles. The molecule has 0 saturated heterocycles. The number of unbranched alkanes of at least 4 members (excludes halogenated alkanes) is 1. The van der Waals surface area contributed by atoms with Gasteiger partial charge in [-0.15, -0.1) is 0 Å². The highest BCUT2D eigenvalue weighted by molar-refractivity contribution is 6.35. The van der Waals surface area contributed by atoms with Crippen LogP contribution in [0.2, 0.25) is 20.1 Å². The van der Waals surface area contributed by atoms with Crippen molar-refractivity contribution in [3.63, 3.8) is 0 Å². The zero-order chi connectivity index (χ0) is 64.2. The summed E-state index contributed by atoms with van der Waals surface area (Å²) in [6, 6.07) is 11.5. The van der Waals surface area contributed by atoms with Crippen LogP contribution < -0.4 is 42.5 Å². The highest BCUT2D eigenvalue weighted by atomic mass is 35.5. The molecule has 0 aliphatic heterocycles. The number of benzene rings is 2. The van der Waals surface area contributed by atoms with Gasteiger partial charge in [-0.05, 0) is 85.3 Å². The Morgan fingerprint density at radius 3 is 1.24 bits per heavy atom. The molecule has 10 N–H and O–H groups in total. The number of pyridine rings is 1. The summed E-state index contributed by atoms with van der Waals surface area (Å²) in [6.45, 7) is 4.61. The Morgan fingerprint density at radius 2 is 0.807 bits per heavy atom. The first-order valence-electron chi connectivity index (χ1n) is 28.8. The van der Waals surface area contributed by atoms with E-state index in [0.29, 0.717) is 59.6 Å². The summed E-state index contributed by atoms with van der Waals surface area (Å²) >= 11 is 24.4. The summed E-state index contributed by atoms with van der Waals surface area (Å²) in [5.41, 5.74) is 0.813. The molecule has 0 bridgehead atoms. The van der Waals surface area contributed by atoms with Crippen LogP contribution in [0, 0.1) is 0 Å². The Bertz CT molecular complexity index is 2580. The van der Waals surface area contributed by atoms with Gasteiger partial charge >= 0.3 is 11.9 Å². The molecule has 1 aromatic heterocycles. The van der Waals surface area contributed by atoms with Crippen LogP contribution in [0.4, 0.5) is 5.82 Å². The van der Waals surface area contributed by atoms with Crippen molar-refractivity contribution in [3.05, 3.63) is 92.0 Å². The van der Waals surface area contributed by atoms with Crippen LogP contribution in [0.5, 0.6) is 0 Å². The number of nitrogens with one attached hydrogen (secondary N) is 8. The number of aromatic nitrogens is 1. The second kappa shape index (κ2) is 46.6. The number of hydrogen-bond donors (Lipinski definition) is 10. The van der Waals surface area contributed by atoms with Crippen LogP contribution in [-0.2, 0) is 71.6 Å². The van der Waals surface area contributed by atoms with E-state index in [1.54, 1.807) is 12.3 Å². The lowest BCUT2D eigenvalue weighted by molar-refractivity contribution is -0.139. The Kier molecular flexibility index (Phi) is 40.2. The van der Waals surface area contributed by atoms with E-state index in [0.717, 1.165) is 0 Å². The van der Waals surface area contributed by atoms with Gasteiger partial charge in [-0.3, -0.25) is 43.2 Å². The fraction of sp³-hybridized carbons (Fsp3) is 0.552. The topological polar surface area (TPSA) is 359 Å². The number of halogens is 4. The van der Waals surface area contributed by atoms with Crippen molar-refractivity contribution in [1.29, 1.82) is 0 Å². The van der Waals surface area contributed by atoms with Gasteiger partial charge in [-0.1, -0.05) is 52.5 Å². The largest absolute Gasteiger partial charge is 0.481 e. The van der Waals surface area contributed by atoms with Gasteiger partial charge in [0.1, 0.15) is 11.9 Å². The third-order valence-electron chi connectivity index (χ3n) is 12.2. The number of hydrogen-bond acceptors (Lipinski definition) is 17. The molecule has 2 aromatic carbocycles. The van der Waals surface area contributed by atoms with Gasteiger partial charge in [0, 0.05) is 97.5 Å². The van der Waals surface area contributed by atoms with Crippen molar-refractivity contribution in [3.8, 4) is 0 Å².